The van der Waals surface area contributed by atoms with Gasteiger partial charge in [-0.15, -0.1) is 0 Å². The van der Waals surface area contributed by atoms with Crippen molar-refractivity contribution < 1.29 is 14.8 Å². The van der Waals surface area contributed by atoms with E-state index in [-0.39, 0.29) is 11.4 Å². The van der Waals surface area contributed by atoms with E-state index in [2.05, 4.69) is 21.2 Å². The number of nitrogens with zero attached hydrogens (tertiary/aromatic N) is 1. The summed E-state index contributed by atoms with van der Waals surface area (Å²) in [5.74, 6) is -1.09. The standard InChI is InChI=1S/C10H11BrN2O4/c1-10(2,9(14)15)12-7-5-6(11)3-4-8(7)13(16)17/h3-5,12H,1-2H3,(H,14,15). The molecule has 0 amide bonds. The van der Waals surface area contributed by atoms with Crippen LogP contribution in [0.2, 0.25) is 0 Å². The van der Waals surface area contributed by atoms with Gasteiger partial charge >= 0.3 is 5.97 Å². The summed E-state index contributed by atoms with van der Waals surface area (Å²) in [6.07, 6.45) is 0. The third-order valence-corrected chi connectivity index (χ3v) is 2.63. The average Bonchev–Trinajstić information content (AvgIpc) is 2.15. The van der Waals surface area contributed by atoms with Crippen molar-refractivity contribution in [2.24, 2.45) is 0 Å². The van der Waals surface area contributed by atoms with Gasteiger partial charge in [-0.1, -0.05) is 15.9 Å². The maximum atomic E-state index is 10.9. The highest BCUT2D eigenvalue weighted by molar-refractivity contribution is 9.10. The van der Waals surface area contributed by atoms with Gasteiger partial charge in [0.2, 0.25) is 0 Å². The Labute approximate surface area is 106 Å². The number of nitrogens with one attached hydrogen (secondary N) is 1. The second-order valence-corrected chi connectivity index (χ2v) is 4.89. The van der Waals surface area contributed by atoms with E-state index < -0.39 is 16.4 Å². The summed E-state index contributed by atoms with van der Waals surface area (Å²) >= 11 is 3.18. The van der Waals surface area contributed by atoms with E-state index in [0.29, 0.717) is 4.47 Å². The molecule has 92 valence electrons. The minimum atomic E-state index is -1.29. The molecule has 0 unspecified atom stereocenters. The molecular formula is C10H11BrN2O4. The number of carboxylic acid groups (broad SMARTS) is 1. The lowest BCUT2D eigenvalue weighted by atomic mass is 10.1. The van der Waals surface area contributed by atoms with Crippen LogP contribution in [0.1, 0.15) is 13.8 Å². The second-order valence-electron chi connectivity index (χ2n) is 3.97. The highest BCUT2D eigenvalue weighted by Crippen LogP contribution is 2.30. The van der Waals surface area contributed by atoms with Crippen LogP contribution in [0.5, 0.6) is 0 Å². The first-order valence-corrected chi connectivity index (χ1v) is 5.49. The van der Waals surface area contributed by atoms with Crippen LogP contribution in [0.25, 0.3) is 0 Å². The fourth-order valence-corrected chi connectivity index (χ4v) is 1.52. The molecule has 0 aliphatic rings. The van der Waals surface area contributed by atoms with Gasteiger partial charge in [0.05, 0.1) is 4.92 Å². The molecule has 1 aromatic rings. The van der Waals surface area contributed by atoms with E-state index in [4.69, 9.17) is 5.11 Å². The Bertz CT molecular complexity index is 473. The fourth-order valence-electron chi connectivity index (χ4n) is 1.16. The molecule has 2 N–H and O–H groups in total. The molecule has 0 radical (unpaired) electrons. The molecule has 6 nitrogen and oxygen atoms in total. The van der Waals surface area contributed by atoms with E-state index in [1.165, 1.54) is 32.0 Å². The Morgan fingerprint density at radius 2 is 2.12 bits per heavy atom. The van der Waals surface area contributed by atoms with Crippen LogP contribution in [-0.4, -0.2) is 21.5 Å². The highest BCUT2D eigenvalue weighted by Gasteiger charge is 2.29. The van der Waals surface area contributed by atoms with Crippen molar-refractivity contribution in [3.05, 3.63) is 32.8 Å². The molecule has 7 heteroatoms. The first kappa shape index (κ1) is 13.4. The predicted octanol–water partition coefficient (Wildman–Crippen LogP) is 2.63. The Morgan fingerprint density at radius 3 is 2.59 bits per heavy atom. The molecule has 0 atom stereocenters. The molecule has 1 aromatic carbocycles. The third kappa shape index (κ3) is 3.16. The normalized spacial score (nSPS) is 11.0. The molecule has 0 aliphatic carbocycles. The maximum Gasteiger partial charge on any atom is 0.328 e. The second kappa shape index (κ2) is 4.70. The Hall–Kier alpha value is -1.63. The van der Waals surface area contributed by atoms with Crippen LogP contribution in [-0.2, 0) is 4.79 Å². The number of hydrogen-bond acceptors (Lipinski definition) is 4. The highest BCUT2D eigenvalue weighted by atomic mass is 79.9. The summed E-state index contributed by atoms with van der Waals surface area (Å²) in [7, 11) is 0. The molecule has 0 saturated heterocycles. The Kier molecular flexibility index (Phi) is 3.72. The summed E-state index contributed by atoms with van der Waals surface area (Å²) < 4.78 is 0.631. The van der Waals surface area contributed by atoms with Gasteiger partial charge in [0.15, 0.2) is 0 Å². The number of nitro groups is 1. The van der Waals surface area contributed by atoms with Crippen molar-refractivity contribution in [2.75, 3.05) is 5.32 Å². The van der Waals surface area contributed by atoms with E-state index >= 15 is 0 Å². The molecule has 0 bridgehead atoms. The lowest BCUT2D eigenvalue weighted by Crippen LogP contribution is -2.40. The van der Waals surface area contributed by atoms with Crippen LogP contribution < -0.4 is 5.32 Å². The predicted molar refractivity (Wildman–Crippen MR) is 66.1 cm³/mol. The molecule has 0 heterocycles. The zero-order valence-corrected chi connectivity index (χ0v) is 10.8. The zero-order chi connectivity index (χ0) is 13.2. The van der Waals surface area contributed by atoms with Crippen molar-refractivity contribution in [3.8, 4) is 0 Å². The molecule has 0 aliphatic heterocycles. The third-order valence-electron chi connectivity index (χ3n) is 2.14. The van der Waals surface area contributed by atoms with Crippen LogP contribution in [0.3, 0.4) is 0 Å². The summed E-state index contributed by atoms with van der Waals surface area (Å²) in [6, 6.07) is 4.31. The van der Waals surface area contributed by atoms with Gasteiger partial charge in [-0.3, -0.25) is 10.1 Å². The van der Waals surface area contributed by atoms with Gasteiger partial charge < -0.3 is 10.4 Å². The minimum absolute atomic E-state index is 0.164. The number of benzene rings is 1. The number of carbonyl (C=O) groups is 1. The van der Waals surface area contributed by atoms with Crippen LogP contribution >= 0.6 is 15.9 Å². The van der Waals surface area contributed by atoms with Crippen molar-refractivity contribution in [2.45, 2.75) is 19.4 Å². The number of anilines is 1. The van der Waals surface area contributed by atoms with Crippen molar-refractivity contribution >= 4 is 33.3 Å². The van der Waals surface area contributed by atoms with Crippen molar-refractivity contribution in [1.82, 2.24) is 0 Å². The Morgan fingerprint density at radius 1 is 1.53 bits per heavy atom. The number of hydrogen-bond donors (Lipinski definition) is 2. The van der Waals surface area contributed by atoms with E-state index in [1.807, 2.05) is 0 Å². The molecule has 0 saturated carbocycles. The number of carboxylic acids is 1. The quantitative estimate of drug-likeness (QED) is 0.659. The summed E-state index contributed by atoms with van der Waals surface area (Å²) in [4.78, 5) is 21.2. The van der Waals surface area contributed by atoms with Gasteiger partial charge in [-0.25, -0.2) is 4.79 Å². The first-order valence-electron chi connectivity index (χ1n) is 4.69. The van der Waals surface area contributed by atoms with Crippen LogP contribution in [0, 0.1) is 10.1 Å². The monoisotopic (exact) mass is 302 g/mol. The molecular weight excluding hydrogens is 292 g/mol. The van der Waals surface area contributed by atoms with E-state index in [9.17, 15) is 14.9 Å². The van der Waals surface area contributed by atoms with Gasteiger partial charge in [0.1, 0.15) is 11.2 Å². The Balaban J connectivity index is 3.17. The molecule has 17 heavy (non-hydrogen) atoms. The number of aliphatic carboxylic acids is 1. The smallest absolute Gasteiger partial charge is 0.328 e. The molecule has 0 aromatic heterocycles. The lowest BCUT2D eigenvalue weighted by molar-refractivity contribution is -0.384. The average molecular weight is 303 g/mol. The SMILES string of the molecule is CC(C)(Nc1cc(Br)ccc1[N+](=O)[O-])C(=O)O. The summed E-state index contributed by atoms with van der Waals surface area (Å²) in [5, 5.41) is 22.4. The topological polar surface area (TPSA) is 92.5 Å². The molecule has 1 rings (SSSR count). The molecule has 0 fully saturated rings. The number of rotatable bonds is 4. The largest absolute Gasteiger partial charge is 0.480 e. The number of halogens is 1. The van der Waals surface area contributed by atoms with Crippen molar-refractivity contribution in [1.29, 1.82) is 0 Å². The molecule has 0 spiro atoms. The lowest BCUT2D eigenvalue weighted by Gasteiger charge is -2.22. The van der Waals surface area contributed by atoms with Gasteiger partial charge in [0.25, 0.3) is 5.69 Å². The van der Waals surface area contributed by atoms with E-state index in [0.717, 1.165) is 0 Å². The van der Waals surface area contributed by atoms with Gasteiger partial charge in [-0.05, 0) is 26.0 Å². The maximum absolute atomic E-state index is 10.9. The fraction of sp³-hybridized carbons (Fsp3) is 0.300. The zero-order valence-electron chi connectivity index (χ0n) is 9.23. The van der Waals surface area contributed by atoms with Crippen molar-refractivity contribution in [3.63, 3.8) is 0 Å². The van der Waals surface area contributed by atoms with Gasteiger partial charge in [0, 0.05) is 10.5 Å². The summed E-state index contributed by atoms with van der Waals surface area (Å²) in [6.45, 7) is 2.86. The van der Waals surface area contributed by atoms with Gasteiger partial charge in [-0.2, -0.15) is 0 Å². The van der Waals surface area contributed by atoms with Crippen LogP contribution in [0.4, 0.5) is 11.4 Å². The first-order chi connectivity index (χ1) is 7.74. The number of nitro benzene ring substituents is 1. The minimum Gasteiger partial charge on any atom is -0.480 e. The summed E-state index contributed by atoms with van der Waals surface area (Å²) in [5.41, 5.74) is -1.29. The van der Waals surface area contributed by atoms with Crippen LogP contribution in [0.15, 0.2) is 22.7 Å². The van der Waals surface area contributed by atoms with E-state index in [1.54, 1.807) is 0 Å².